The summed E-state index contributed by atoms with van der Waals surface area (Å²) in [5, 5.41) is 0. The molecule has 0 atom stereocenters. The summed E-state index contributed by atoms with van der Waals surface area (Å²) in [7, 11) is -3.52. The lowest BCUT2D eigenvalue weighted by atomic mass is 10.2. The molecule has 0 unspecified atom stereocenters. The van der Waals surface area contributed by atoms with Crippen LogP contribution in [0.2, 0.25) is 0 Å². The summed E-state index contributed by atoms with van der Waals surface area (Å²) in [6, 6.07) is 6.06. The van der Waals surface area contributed by atoms with Crippen LogP contribution in [0.1, 0.15) is 31.1 Å². The van der Waals surface area contributed by atoms with E-state index in [1.54, 1.807) is 35.8 Å². The molecule has 0 aliphatic carbocycles. The van der Waals surface area contributed by atoms with Crippen molar-refractivity contribution < 1.29 is 18.0 Å². The topological polar surface area (TPSA) is 78.0 Å². The highest BCUT2D eigenvalue weighted by atomic mass is 32.2. The number of nitrogens with zero attached hydrogens (tertiary/aromatic N) is 3. The number of carbonyl (C=O) groups excluding carboxylic acids is 2. The maximum atomic E-state index is 12.5. The van der Waals surface area contributed by atoms with E-state index in [-0.39, 0.29) is 16.7 Å². The first-order chi connectivity index (χ1) is 11.8. The Balaban J connectivity index is 2.10. The zero-order valence-corrected chi connectivity index (χ0v) is 15.8. The Hall–Kier alpha value is -1.93. The van der Waals surface area contributed by atoms with Crippen molar-refractivity contribution in [3.05, 3.63) is 29.8 Å². The summed E-state index contributed by atoms with van der Waals surface area (Å²) in [6.07, 6.45) is 0. The first kappa shape index (κ1) is 19.4. The molecule has 0 spiro atoms. The van der Waals surface area contributed by atoms with Gasteiger partial charge in [0.25, 0.3) is 5.91 Å². The molecule has 1 aromatic rings. The number of rotatable bonds is 5. The van der Waals surface area contributed by atoms with E-state index in [4.69, 9.17) is 0 Å². The largest absolute Gasteiger partial charge is 0.339 e. The minimum atomic E-state index is -3.52. The quantitative estimate of drug-likeness (QED) is 0.778. The maximum Gasteiger partial charge on any atom is 0.253 e. The van der Waals surface area contributed by atoms with Crippen molar-refractivity contribution in [3.8, 4) is 0 Å². The van der Waals surface area contributed by atoms with Gasteiger partial charge in [-0.05, 0) is 24.3 Å². The highest BCUT2D eigenvalue weighted by Gasteiger charge is 2.25. The Bertz CT molecular complexity index is 719. The fraction of sp³-hybridized carbons (Fsp3) is 0.529. The van der Waals surface area contributed by atoms with Crippen LogP contribution in [0.15, 0.2) is 29.2 Å². The molecule has 8 heteroatoms. The van der Waals surface area contributed by atoms with Gasteiger partial charge >= 0.3 is 0 Å². The van der Waals surface area contributed by atoms with Crippen molar-refractivity contribution in [3.63, 3.8) is 0 Å². The molecule has 1 fully saturated rings. The van der Waals surface area contributed by atoms with E-state index in [2.05, 4.69) is 0 Å². The normalized spacial score (nSPS) is 15.5. The molecule has 2 amide bonds. The lowest BCUT2D eigenvalue weighted by Crippen LogP contribution is -2.50. The van der Waals surface area contributed by atoms with Gasteiger partial charge in [0, 0.05) is 51.8 Å². The number of hydrogen-bond acceptors (Lipinski definition) is 4. The number of piperazine rings is 1. The first-order valence-electron chi connectivity index (χ1n) is 8.46. The molecule has 0 bridgehead atoms. The summed E-state index contributed by atoms with van der Waals surface area (Å²) in [5.41, 5.74) is 0.453. The second-order valence-corrected chi connectivity index (χ2v) is 7.85. The van der Waals surface area contributed by atoms with Crippen LogP contribution in [0.5, 0.6) is 0 Å². The molecule has 0 radical (unpaired) electrons. The minimum absolute atomic E-state index is 0.0121. The monoisotopic (exact) mass is 367 g/mol. The Labute approximate surface area is 149 Å². The van der Waals surface area contributed by atoms with Crippen LogP contribution in [0.3, 0.4) is 0 Å². The van der Waals surface area contributed by atoms with Gasteiger partial charge in [0.2, 0.25) is 15.9 Å². The third kappa shape index (κ3) is 4.19. The van der Waals surface area contributed by atoms with Gasteiger partial charge in [-0.2, -0.15) is 4.31 Å². The molecule has 1 aromatic carbocycles. The van der Waals surface area contributed by atoms with Crippen molar-refractivity contribution in [1.29, 1.82) is 0 Å². The standard InChI is InChI=1S/C17H25N3O4S/c1-4-20(5-2)25(23,24)16-8-6-15(7-9-16)17(22)19-12-10-18(11-13-19)14(3)21/h6-9H,4-5,10-13H2,1-3H3. The van der Waals surface area contributed by atoms with E-state index in [1.165, 1.54) is 23.4 Å². The van der Waals surface area contributed by atoms with Crippen LogP contribution in [0.4, 0.5) is 0 Å². The number of hydrogen-bond donors (Lipinski definition) is 0. The van der Waals surface area contributed by atoms with Crippen LogP contribution in [-0.2, 0) is 14.8 Å². The number of amides is 2. The minimum Gasteiger partial charge on any atom is -0.339 e. The van der Waals surface area contributed by atoms with Gasteiger partial charge in [-0.25, -0.2) is 8.42 Å². The highest BCUT2D eigenvalue weighted by molar-refractivity contribution is 7.89. The zero-order chi connectivity index (χ0) is 18.6. The lowest BCUT2D eigenvalue weighted by molar-refractivity contribution is -0.130. The molecule has 1 aliphatic heterocycles. The third-order valence-corrected chi connectivity index (χ3v) is 6.52. The molecular weight excluding hydrogens is 342 g/mol. The number of benzene rings is 1. The predicted octanol–water partition coefficient (Wildman–Crippen LogP) is 1.02. The van der Waals surface area contributed by atoms with E-state index in [1.807, 2.05) is 0 Å². The molecule has 1 heterocycles. The second kappa shape index (κ2) is 7.97. The van der Waals surface area contributed by atoms with Crippen molar-refractivity contribution in [1.82, 2.24) is 14.1 Å². The summed E-state index contributed by atoms with van der Waals surface area (Å²) >= 11 is 0. The average molecular weight is 367 g/mol. The molecule has 1 aliphatic rings. The molecule has 0 saturated carbocycles. The fourth-order valence-electron chi connectivity index (χ4n) is 2.89. The molecule has 0 N–H and O–H groups in total. The first-order valence-corrected chi connectivity index (χ1v) is 9.90. The highest BCUT2D eigenvalue weighted by Crippen LogP contribution is 2.17. The number of carbonyl (C=O) groups is 2. The number of sulfonamides is 1. The predicted molar refractivity (Wildman–Crippen MR) is 94.7 cm³/mol. The van der Waals surface area contributed by atoms with Gasteiger partial charge in [0.1, 0.15) is 0 Å². The summed E-state index contributed by atoms with van der Waals surface area (Å²) in [5.74, 6) is -0.131. The Kier molecular flexibility index (Phi) is 6.18. The molecule has 25 heavy (non-hydrogen) atoms. The van der Waals surface area contributed by atoms with Gasteiger partial charge in [-0.3, -0.25) is 9.59 Å². The van der Waals surface area contributed by atoms with E-state index >= 15 is 0 Å². The Morgan fingerprint density at radius 1 is 0.960 bits per heavy atom. The maximum absolute atomic E-state index is 12.5. The third-order valence-electron chi connectivity index (χ3n) is 4.46. The van der Waals surface area contributed by atoms with Gasteiger partial charge in [-0.1, -0.05) is 13.8 Å². The lowest BCUT2D eigenvalue weighted by Gasteiger charge is -2.34. The molecule has 138 valence electrons. The Morgan fingerprint density at radius 2 is 1.44 bits per heavy atom. The van der Waals surface area contributed by atoms with Crippen molar-refractivity contribution in [2.45, 2.75) is 25.7 Å². The van der Waals surface area contributed by atoms with Crippen molar-refractivity contribution in [2.75, 3.05) is 39.3 Å². The van der Waals surface area contributed by atoms with E-state index < -0.39 is 10.0 Å². The molecule has 2 rings (SSSR count). The van der Waals surface area contributed by atoms with E-state index in [0.717, 1.165) is 0 Å². The Morgan fingerprint density at radius 3 is 1.88 bits per heavy atom. The fourth-order valence-corrected chi connectivity index (χ4v) is 4.35. The smallest absolute Gasteiger partial charge is 0.253 e. The van der Waals surface area contributed by atoms with Crippen molar-refractivity contribution in [2.24, 2.45) is 0 Å². The van der Waals surface area contributed by atoms with Gasteiger partial charge in [0.05, 0.1) is 4.90 Å². The van der Waals surface area contributed by atoms with Gasteiger partial charge in [0.15, 0.2) is 0 Å². The van der Waals surface area contributed by atoms with Crippen LogP contribution in [-0.4, -0.2) is 73.6 Å². The molecule has 1 saturated heterocycles. The van der Waals surface area contributed by atoms with Crippen molar-refractivity contribution >= 4 is 21.8 Å². The van der Waals surface area contributed by atoms with Crippen LogP contribution in [0, 0.1) is 0 Å². The summed E-state index contributed by atoms with van der Waals surface area (Å²) < 4.78 is 26.3. The van der Waals surface area contributed by atoms with Crippen LogP contribution < -0.4 is 0 Å². The van der Waals surface area contributed by atoms with Crippen LogP contribution >= 0.6 is 0 Å². The molecular formula is C17H25N3O4S. The summed E-state index contributed by atoms with van der Waals surface area (Å²) in [6.45, 7) is 7.92. The SMILES string of the molecule is CCN(CC)S(=O)(=O)c1ccc(C(=O)N2CCN(C(C)=O)CC2)cc1. The zero-order valence-electron chi connectivity index (χ0n) is 14.9. The van der Waals surface area contributed by atoms with Gasteiger partial charge < -0.3 is 9.80 Å². The van der Waals surface area contributed by atoms with Crippen LogP contribution in [0.25, 0.3) is 0 Å². The van der Waals surface area contributed by atoms with E-state index in [9.17, 15) is 18.0 Å². The van der Waals surface area contributed by atoms with E-state index in [0.29, 0.717) is 44.8 Å². The molecule has 7 nitrogen and oxygen atoms in total. The average Bonchev–Trinajstić information content (AvgIpc) is 2.62. The second-order valence-electron chi connectivity index (χ2n) is 5.91. The summed E-state index contributed by atoms with van der Waals surface area (Å²) in [4.78, 5) is 27.5. The molecule has 0 aromatic heterocycles. The van der Waals surface area contributed by atoms with Gasteiger partial charge in [-0.15, -0.1) is 0 Å².